The van der Waals surface area contributed by atoms with Crippen LogP contribution in [-0.2, 0) is 10.4 Å². The third-order valence-electron chi connectivity index (χ3n) is 3.61. The summed E-state index contributed by atoms with van der Waals surface area (Å²) in [5.41, 5.74) is -0.467. The SMILES string of the molecule is O=C(C[C@]1(O)C(=O)Nc2ccc(Br)cc21)c1cccc(Br)c1. The Morgan fingerprint density at radius 1 is 1.14 bits per heavy atom. The number of hydrogen-bond donors (Lipinski definition) is 2. The minimum Gasteiger partial charge on any atom is -0.375 e. The molecule has 1 aliphatic heterocycles. The number of hydrogen-bond acceptors (Lipinski definition) is 3. The molecular formula is C16H11Br2NO3. The molecule has 0 unspecified atom stereocenters. The van der Waals surface area contributed by atoms with Gasteiger partial charge < -0.3 is 10.4 Å². The summed E-state index contributed by atoms with van der Waals surface area (Å²) in [6.07, 6.45) is -0.307. The molecule has 0 aromatic heterocycles. The number of fused-ring (bicyclic) bond motifs is 1. The first kappa shape index (κ1) is 15.4. The average molecular weight is 425 g/mol. The first-order valence-electron chi connectivity index (χ1n) is 6.53. The molecule has 2 aromatic rings. The Balaban J connectivity index is 1.96. The predicted octanol–water partition coefficient (Wildman–Crippen LogP) is 3.62. The molecule has 1 atom stereocenters. The van der Waals surface area contributed by atoms with Crippen molar-refractivity contribution in [2.24, 2.45) is 0 Å². The lowest BCUT2D eigenvalue weighted by Gasteiger charge is -2.20. The fourth-order valence-electron chi connectivity index (χ4n) is 2.49. The number of ketones is 1. The van der Waals surface area contributed by atoms with Crippen LogP contribution in [0.3, 0.4) is 0 Å². The number of amides is 1. The third-order valence-corrected chi connectivity index (χ3v) is 4.60. The number of anilines is 1. The largest absolute Gasteiger partial charge is 0.375 e. The van der Waals surface area contributed by atoms with Crippen LogP contribution in [0.2, 0.25) is 0 Å². The zero-order valence-corrected chi connectivity index (χ0v) is 14.4. The summed E-state index contributed by atoms with van der Waals surface area (Å²) < 4.78 is 1.50. The van der Waals surface area contributed by atoms with Crippen LogP contribution in [0.4, 0.5) is 5.69 Å². The fraction of sp³-hybridized carbons (Fsp3) is 0.125. The van der Waals surface area contributed by atoms with Crippen molar-refractivity contribution >= 4 is 49.2 Å². The molecule has 1 amide bonds. The molecule has 1 heterocycles. The summed E-state index contributed by atoms with van der Waals surface area (Å²) in [4.78, 5) is 24.6. The summed E-state index contributed by atoms with van der Waals surface area (Å²) in [6, 6.07) is 12.0. The Morgan fingerprint density at radius 2 is 1.86 bits per heavy atom. The molecule has 0 bridgehead atoms. The van der Waals surface area contributed by atoms with Crippen LogP contribution in [0.15, 0.2) is 51.4 Å². The van der Waals surface area contributed by atoms with Crippen molar-refractivity contribution in [3.05, 3.63) is 62.5 Å². The summed E-state index contributed by atoms with van der Waals surface area (Å²) in [5, 5.41) is 13.4. The highest BCUT2D eigenvalue weighted by Gasteiger charge is 2.46. The number of halogens is 2. The van der Waals surface area contributed by atoms with Crippen LogP contribution in [0.5, 0.6) is 0 Å². The molecular weight excluding hydrogens is 414 g/mol. The maximum atomic E-state index is 12.4. The zero-order valence-electron chi connectivity index (χ0n) is 11.3. The van der Waals surface area contributed by atoms with Crippen LogP contribution in [0.25, 0.3) is 0 Å². The molecule has 2 N–H and O–H groups in total. The number of carbonyl (C=O) groups excluding carboxylic acids is 2. The van der Waals surface area contributed by atoms with E-state index in [4.69, 9.17) is 0 Å². The highest BCUT2D eigenvalue weighted by atomic mass is 79.9. The molecule has 3 rings (SSSR count). The average Bonchev–Trinajstić information content (AvgIpc) is 2.71. The molecule has 0 saturated heterocycles. The second-order valence-corrected chi connectivity index (χ2v) is 6.95. The van der Waals surface area contributed by atoms with E-state index in [0.29, 0.717) is 16.8 Å². The topological polar surface area (TPSA) is 66.4 Å². The summed E-state index contributed by atoms with van der Waals surface area (Å²) in [5.74, 6) is -0.879. The van der Waals surface area contributed by atoms with Crippen LogP contribution >= 0.6 is 31.9 Å². The van der Waals surface area contributed by atoms with E-state index in [2.05, 4.69) is 37.2 Å². The molecule has 0 spiro atoms. The number of Topliss-reactive ketones (excluding diaryl/α,β-unsaturated/α-hetero) is 1. The number of carbonyl (C=O) groups is 2. The third kappa shape index (κ3) is 2.62. The quantitative estimate of drug-likeness (QED) is 0.739. The minimum atomic E-state index is -1.85. The van der Waals surface area contributed by atoms with Gasteiger partial charge in [0, 0.05) is 25.8 Å². The second kappa shape index (κ2) is 5.61. The highest BCUT2D eigenvalue weighted by Crippen LogP contribution is 2.40. The van der Waals surface area contributed by atoms with Crippen LogP contribution < -0.4 is 5.32 Å². The summed E-state index contributed by atoms with van der Waals surface area (Å²) >= 11 is 6.62. The van der Waals surface area contributed by atoms with Crippen molar-refractivity contribution in [1.29, 1.82) is 0 Å². The molecule has 22 heavy (non-hydrogen) atoms. The van der Waals surface area contributed by atoms with Gasteiger partial charge >= 0.3 is 0 Å². The van der Waals surface area contributed by atoms with Gasteiger partial charge in [0.2, 0.25) is 0 Å². The fourth-order valence-corrected chi connectivity index (χ4v) is 3.25. The minimum absolute atomic E-state index is 0.299. The van der Waals surface area contributed by atoms with Gasteiger partial charge in [0.25, 0.3) is 5.91 Å². The molecule has 6 heteroatoms. The van der Waals surface area contributed by atoms with Crippen LogP contribution in [0, 0.1) is 0 Å². The van der Waals surface area contributed by atoms with Crippen LogP contribution in [0.1, 0.15) is 22.3 Å². The molecule has 0 aliphatic carbocycles. The molecule has 0 radical (unpaired) electrons. The van der Waals surface area contributed by atoms with E-state index in [0.717, 1.165) is 8.95 Å². The van der Waals surface area contributed by atoms with Crippen molar-refractivity contribution in [2.75, 3.05) is 5.32 Å². The van der Waals surface area contributed by atoms with E-state index < -0.39 is 11.5 Å². The molecule has 4 nitrogen and oxygen atoms in total. The Bertz CT molecular complexity index is 791. The summed E-state index contributed by atoms with van der Waals surface area (Å²) in [7, 11) is 0. The van der Waals surface area contributed by atoms with Crippen molar-refractivity contribution in [1.82, 2.24) is 0 Å². The van der Waals surface area contributed by atoms with Crippen LogP contribution in [-0.4, -0.2) is 16.8 Å². The van der Waals surface area contributed by atoms with Gasteiger partial charge in [-0.3, -0.25) is 9.59 Å². The standard InChI is InChI=1S/C16H11Br2NO3/c17-10-3-1-2-9(6-10)14(20)8-16(22)12-7-11(18)4-5-13(12)19-15(16)21/h1-7,22H,8H2,(H,19,21)/t16-/m1/s1. The number of rotatable bonds is 3. The molecule has 1 aliphatic rings. The van der Waals surface area contributed by atoms with Crippen molar-refractivity contribution in [3.63, 3.8) is 0 Å². The number of aliphatic hydroxyl groups is 1. The Labute approximate surface area is 143 Å². The Morgan fingerprint density at radius 3 is 2.59 bits per heavy atom. The Hall–Kier alpha value is -1.50. The smallest absolute Gasteiger partial charge is 0.261 e. The van der Waals surface area contributed by atoms with Gasteiger partial charge in [-0.2, -0.15) is 0 Å². The molecule has 0 fully saturated rings. The normalized spacial score (nSPS) is 19.7. The number of nitrogens with one attached hydrogen (secondary N) is 1. The van der Waals surface area contributed by atoms with Gasteiger partial charge in [-0.25, -0.2) is 0 Å². The van der Waals surface area contributed by atoms with Crippen molar-refractivity contribution in [3.8, 4) is 0 Å². The van der Waals surface area contributed by atoms with E-state index >= 15 is 0 Å². The maximum absolute atomic E-state index is 12.4. The Kier molecular flexibility index (Phi) is 3.92. The lowest BCUT2D eigenvalue weighted by atomic mass is 9.88. The maximum Gasteiger partial charge on any atom is 0.261 e. The van der Waals surface area contributed by atoms with E-state index in [1.165, 1.54) is 0 Å². The van der Waals surface area contributed by atoms with E-state index in [1.807, 2.05) is 0 Å². The first-order chi connectivity index (χ1) is 10.4. The van der Waals surface area contributed by atoms with Gasteiger partial charge in [0.1, 0.15) is 0 Å². The van der Waals surface area contributed by atoms with Gasteiger partial charge in [-0.15, -0.1) is 0 Å². The number of benzene rings is 2. The monoisotopic (exact) mass is 423 g/mol. The second-order valence-electron chi connectivity index (χ2n) is 5.11. The van der Waals surface area contributed by atoms with Gasteiger partial charge in [0.15, 0.2) is 11.4 Å². The van der Waals surface area contributed by atoms with Gasteiger partial charge in [-0.1, -0.05) is 44.0 Å². The molecule has 112 valence electrons. The van der Waals surface area contributed by atoms with E-state index in [9.17, 15) is 14.7 Å². The first-order valence-corrected chi connectivity index (χ1v) is 8.11. The molecule has 2 aromatic carbocycles. The lowest BCUT2D eigenvalue weighted by Crippen LogP contribution is -2.36. The highest BCUT2D eigenvalue weighted by molar-refractivity contribution is 9.10. The van der Waals surface area contributed by atoms with E-state index in [1.54, 1.807) is 42.5 Å². The summed E-state index contributed by atoms with van der Waals surface area (Å²) in [6.45, 7) is 0. The zero-order chi connectivity index (χ0) is 15.9. The van der Waals surface area contributed by atoms with Crippen molar-refractivity contribution in [2.45, 2.75) is 12.0 Å². The predicted molar refractivity (Wildman–Crippen MR) is 89.8 cm³/mol. The van der Waals surface area contributed by atoms with Gasteiger partial charge in [0.05, 0.1) is 6.42 Å². The lowest BCUT2D eigenvalue weighted by molar-refractivity contribution is -0.133. The van der Waals surface area contributed by atoms with Crippen molar-refractivity contribution < 1.29 is 14.7 Å². The van der Waals surface area contributed by atoms with Gasteiger partial charge in [-0.05, 0) is 30.3 Å². The van der Waals surface area contributed by atoms with E-state index in [-0.39, 0.29) is 12.2 Å². The molecule has 0 saturated carbocycles.